The van der Waals surface area contributed by atoms with Crippen molar-refractivity contribution in [2.24, 2.45) is 5.73 Å². The summed E-state index contributed by atoms with van der Waals surface area (Å²) in [7, 11) is 3.03. The largest absolute Gasteiger partial charge is 0.493 e. The molecule has 1 aromatic rings. The van der Waals surface area contributed by atoms with Gasteiger partial charge in [0.1, 0.15) is 6.04 Å². The number of hydrogen-bond acceptors (Lipinski definition) is 4. The second-order valence-electron chi connectivity index (χ2n) is 4.48. The summed E-state index contributed by atoms with van der Waals surface area (Å²) in [6.07, 6.45) is 2.10. The molecule has 1 fully saturated rings. The molecule has 3 N–H and O–H groups in total. The topological polar surface area (TPSA) is 73.6 Å². The van der Waals surface area contributed by atoms with Crippen LogP contribution in [0.3, 0.4) is 0 Å². The predicted molar refractivity (Wildman–Crippen MR) is 72.6 cm³/mol. The van der Waals surface area contributed by atoms with Crippen LogP contribution in [0.15, 0.2) is 12.1 Å². The van der Waals surface area contributed by atoms with E-state index in [-0.39, 0.29) is 0 Å². The number of nitrogens with two attached hydrogens (primary N) is 1. The molecule has 6 heteroatoms. The number of benzene rings is 1. The monoisotopic (exact) mass is 284 g/mol. The first-order valence-electron chi connectivity index (χ1n) is 6.04. The number of carbonyl (C=O) groups excluding carboxylic acids is 1. The van der Waals surface area contributed by atoms with Crippen molar-refractivity contribution in [3.63, 3.8) is 0 Å². The van der Waals surface area contributed by atoms with E-state index in [2.05, 4.69) is 5.32 Å². The van der Waals surface area contributed by atoms with Gasteiger partial charge in [0.25, 0.3) is 0 Å². The number of halogens is 1. The predicted octanol–water partition coefficient (Wildman–Crippen LogP) is 1.64. The van der Waals surface area contributed by atoms with E-state index in [0.29, 0.717) is 28.1 Å². The fraction of sp³-hybridized carbons (Fsp3) is 0.462. The molecule has 1 atom stereocenters. The molecule has 19 heavy (non-hydrogen) atoms. The molecular formula is C13H17ClN2O3. The SMILES string of the molecule is COc1ccc(C(NC2CC2)C(N)=O)c(Cl)c1OC. The molecule has 1 aliphatic rings. The van der Waals surface area contributed by atoms with E-state index in [9.17, 15) is 4.79 Å². The highest BCUT2D eigenvalue weighted by Gasteiger charge is 2.30. The smallest absolute Gasteiger partial charge is 0.239 e. The molecule has 1 aromatic carbocycles. The summed E-state index contributed by atoms with van der Waals surface area (Å²) in [5.41, 5.74) is 6.05. The molecule has 1 amide bonds. The van der Waals surface area contributed by atoms with Crippen LogP contribution >= 0.6 is 11.6 Å². The summed E-state index contributed by atoms with van der Waals surface area (Å²) in [4.78, 5) is 11.6. The zero-order chi connectivity index (χ0) is 14.0. The number of hydrogen-bond donors (Lipinski definition) is 2. The van der Waals surface area contributed by atoms with E-state index in [4.69, 9.17) is 26.8 Å². The molecule has 1 saturated carbocycles. The summed E-state index contributed by atoms with van der Waals surface area (Å²) < 4.78 is 10.4. The molecule has 0 heterocycles. The first-order valence-corrected chi connectivity index (χ1v) is 6.42. The summed E-state index contributed by atoms with van der Waals surface area (Å²) in [5.74, 6) is 0.470. The second-order valence-corrected chi connectivity index (χ2v) is 4.86. The number of carbonyl (C=O) groups is 1. The Labute approximate surface area is 117 Å². The van der Waals surface area contributed by atoms with Gasteiger partial charge in [-0.2, -0.15) is 0 Å². The molecule has 1 unspecified atom stereocenters. The third-order valence-electron chi connectivity index (χ3n) is 3.09. The Kier molecular flexibility index (Phi) is 4.17. The van der Waals surface area contributed by atoms with Crippen molar-refractivity contribution in [1.29, 1.82) is 0 Å². The fourth-order valence-electron chi connectivity index (χ4n) is 1.94. The maximum absolute atomic E-state index is 11.6. The van der Waals surface area contributed by atoms with Crippen LogP contribution in [-0.4, -0.2) is 26.2 Å². The number of nitrogens with one attached hydrogen (secondary N) is 1. The van der Waals surface area contributed by atoms with Crippen LogP contribution in [0.4, 0.5) is 0 Å². The summed E-state index contributed by atoms with van der Waals surface area (Å²) in [5, 5.41) is 3.53. The maximum Gasteiger partial charge on any atom is 0.239 e. The van der Waals surface area contributed by atoms with Crippen molar-refractivity contribution in [2.75, 3.05) is 14.2 Å². The first-order chi connectivity index (χ1) is 9.08. The van der Waals surface area contributed by atoms with Gasteiger partial charge in [0.05, 0.1) is 19.2 Å². The molecule has 0 aromatic heterocycles. The molecule has 0 aliphatic heterocycles. The zero-order valence-electron chi connectivity index (χ0n) is 10.9. The van der Waals surface area contributed by atoms with Gasteiger partial charge in [0.2, 0.25) is 5.91 Å². The van der Waals surface area contributed by atoms with Crippen molar-refractivity contribution in [2.45, 2.75) is 24.9 Å². The molecule has 1 aliphatic carbocycles. The Hall–Kier alpha value is -1.46. The highest BCUT2D eigenvalue weighted by atomic mass is 35.5. The Morgan fingerprint density at radius 1 is 1.42 bits per heavy atom. The number of methoxy groups -OCH3 is 2. The number of ether oxygens (including phenoxy) is 2. The van der Waals surface area contributed by atoms with Crippen LogP contribution in [0.5, 0.6) is 11.5 Å². The quantitative estimate of drug-likeness (QED) is 0.833. The molecule has 0 spiro atoms. The van der Waals surface area contributed by atoms with Gasteiger partial charge in [0.15, 0.2) is 11.5 Å². The van der Waals surface area contributed by atoms with Crippen LogP contribution in [0, 0.1) is 0 Å². The number of primary amides is 1. The molecule has 5 nitrogen and oxygen atoms in total. The first kappa shape index (κ1) is 14.0. The average Bonchev–Trinajstić information content (AvgIpc) is 3.19. The van der Waals surface area contributed by atoms with Gasteiger partial charge < -0.3 is 15.2 Å². The van der Waals surface area contributed by atoms with Crippen LogP contribution in [0.25, 0.3) is 0 Å². The highest BCUT2D eigenvalue weighted by molar-refractivity contribution is 6.33. The van der Waals surface area contributed by atoms with Gasteiger partial charge in [-0.05, 0) is 18.9 Å². The van der Waals surface area contributed by atoms with E-state index < -0.39 is 11.9 Å². The summed E-state index contributed by atoms with van der Waals surface area (Å²) in [6, 6.07) is 3.17. The summed E-state index contributed by atoms with van der Waals surface area (Å²) >= 11 is 6.28. The molecular weight excluding hydrogens is 268 g/mol. The third kappa shape index (κ3) is 2.93. The van der Waals surface area contributed by atoms with Gasteiger partial charge in [0, 0.05) is 11.6 Å². The Morgan fingerprint density at radius 2 is 2.11 bits per heavy atom. The van der Waals surface area contributed by atoms with Gasteiger partial charge >= 0.3 is 0 Å². The third-order valence-corrected chi connectivity index (χ3v) is 3.48. The molecule has 2 rings (SSSR count). The Bertz CT molecular complexity index is 489. The maximum atomic E-state index is 11.6. The van der Waals surface area contributed by atoms with Crippen LogP contribution in [0.2, 0.25) is 5.02 Å². The Balaban J connectivity index is 2.38. The van der Waals surface area contributed by atoms with Crippen molar-refractivity contribution >= 4 is 17.5 Å². The second kappa shape index (κ2) is 5.67. The van der Waals surface area contributed by atoms with Crippen molar-refractivity contribution < 1.29 is 14.3 Å². The summed E-state index contributed by atoms with van der Waals surface area (Å²) in [6.45, 7) is 0. The van der Waals surface area contributed by atoms with E-state index >= 15 is 0 Å². The van der Waals surface area contributed by atoms with E-state index in [1.807, 2.05) is 0 Å². The van der Waals surface area contributed by atoms with E-state index in [1.54, 1.807) is 12.1 Å². The lowest BCUT2D eigenvalue weighted by molar-refractivity contribution is -0.120. The van der Waals surface area contributed by atoms with Crippen LogP contribution in [0.1, 0.15) is 24.4 Å². The molecule has 0 radical (unpaired) electrons. The van der Waals surface area contributed by atoms with Gasteiger partial charge in [-0.15, -0.1) is 0 Å². The van der Waals surface area contributed by atoms with Gasteiger partial charge in [-0.1, -0.05) is 17.7 Å². The van der Waals surface area contributed by atoms with Crippen molar-refractivity contribution in [1.82, 2.24) is 5.32 Å². The van der Waals surface area contributed by atoms with Crippen molar-refractivity contribution in [3.8, 4) is 11.5 Å². The fourth-order valence-corrected chi connectivity index (χ4v) is 2.28. The van der Waals surface area contributed by atoms with Crippen molar-refractivity contribution in [3.05, 3.63) is 22.7 Å². The lowest BCUT2D eigenvalue weighted by atomic mass is 10.1. The van der Waals surface area contributed by atoms with Gasteiger partial charge in [-0.25, -0.2) is 0 Å². The minimum Gasteiger partial charge on any atom is -0.493 e. The number of rotatable bonds is 6. The van der Waals surface area contributed by atoms with E-state index in [0.717, 1.165) is 12.8 Å². The standard InChI is InChI=1S/C13H17ClN2O3/c1-18-9-6-5-8(10(14)12(9)19-2)11(13(15)17)16-7-3-4-7/h5-7,11,16H,3-4H2,1-2H3,(H2,15,17). The highest BCUT2D eigenvalue weighted by Crippen LogP contribution is 2.40. The molecule has 104 valence electrons. The average molecular weight is 285 g/mol. The molecule has 0 bridgehead atoms. The Morgan fingerprint density at radius 3 is 2.58 bits per heavy atom. The van der Waals surface area contributed by atoms with Crippen LogP contribution < -0.4 is 20.5 Å². The zero-order valence-corrected chi connectivity index (χ0v) is 11.7. The minimum absolute atomic E-state index is 0.335. The molecule has 0 saturated heterocycles. The van der Waals surface area contributed by atoms with Gasteiger partial charge in [-0.3, -0.25) is 10.1 Å². The van der Waals surface area contributed by atoms with Crippen LogP contribution in [-0.2, 0) is 4.79 Å². The van der Waals surface area contributed by atoms with E-state index in [1.165, 1.54) is 14.2 Å². The lowest BCUT2D eigenvalue weighted by Gasteiger charge is -2.19. The normalized spacial score (nSPS) is 15.9. The number of amides is 1. The lowest BCUT2D eigenvalue weighted by Crippen LogP contribution is -2.35. The minimum atomic E-state index is -0.611.